The molecule has 0 aliphatic carbocycles. The molecule has 0 unspecified atom stereocenters. The Kier molecular flexibility index (Phi) is 6.30. The summed E-state index contributed by atoms with van der Waals surface area (Å²) < 4.78 is 5.67. The number of piperidine rings is 1. The molecule has 1 aromatic rings. The molecule has 1 aliphatic rings. The number of nitro benzene ring substituents is 1. The molecule has 1 aromatic carbocycles. The number of halogens is 1. The Morgan fingerprint density at radius 3 is 2.63 bits per heavy atom. The van der Waals surface area contributed by atoms with Crippen LogP contribution >= 0.6 is 15.9 Å². The van der Waals surface area contributed by atoms with Gasteiger partial charge in [-0.2, -0.15) is 0 Å². The van der Waals surface area contributed by atoms with Crippen molar-refractivity contribution in [1.29, 1.82) is 0 Å². The van der Waals surface area contributed by atoms with Crippen molar-refractivity contribution in [2.75, 3.05) is 18.4 Å². The number of ether oxygens (including phenoxy) is 1. The van der Waals surface area contributed by atoms with Crippen LogP contribution in [0, 0.1) is 10.1 Å². The molecule has 0 bridgehead atoms. The molecule has 148 valence electrons. The van der Waals surface area contributed by atoms with Crippen molar-refractivity contribution in [2.45, 2.75) is 45.3 Å². The number of carboxylic acid groups (broad SMARTS) is 1. The summed E-state index contributed by atoms with van der Waals surface area (Å²) in [5, 5.41) is 23.8. The highest BCUT2D eigenvalue weighted by Crippen LogP contribution is 2.34. The fourth-order valence-electron chi connectivity index (χ4n) is 2.85. The smallest absolute Gasteiger partial charge is 0.410 e. The fourth-order valence-corrected chi connectivity index (χ4v) is 3.29. The largest absolute Gasteiger partial charge is 0.478 e. The molecule has 10 heteroatoms. The first kappa shape index (κ1) is 20.9. The van der Waals surface area contributed by atoms with E-state index in [4.69, 9.17) is 4.74 Å². The third-order valence-corrected chi connectivity index (χ3v) is 4.39. The Labute approximate surface area is 165 Å². The van der Waals surface area contributed by atoms with Gasteiger partial charge in [0.1, 0.15) is 11.3 Å². The minimum atomic E-state index is -1.28. The second kappa shape index (κ2) is 8.12. The third-order valence-electron chi connectivity index (χ3n) is 3.93. The van der Waals surface area contributed by atoms with Gasteiger partial charge in [0.2, 0.25) is 0 Å². The van der Waals surface area contributed by atoms with Crippen LogP contribution in [-0.4, -0.2) is 51.7 Å². The Bertz CT molecular complexity index is 727. The average Bonchev–Trinajstić information content (AvgIpc) is 2.54. The van der Waals surface area contributed by atoms with Gasteiger partial charge >= 0.3 is 12.1 Å². The number of nitrogens with one attached hydrogen (secondary N) is 1. The molecule has 0 spiro atoms. The Morgan fingerprint density at radius 1 is 1.41 bits per heavy atom. The maximum atomic E-state index is 12.3. The van der Waals surface area contributed by atoms with Gasteiger partial charge in [-0.15, -0.1) is 0 Å². The quantitative estimate of drug-likeness (QED) is 0.534. The summed E-state index contributed by atoms with van der Waals surface area (Å²) in [6.45, 7) is 6.10. The maximum Gasteiger partial charge on any atom is 0.410 e. The maximum absolute atomic E-state index is 12.3. The van der Waals surface area contributed by atoms with Crippen LogP contribution < -0.4 is 5.32 Å². The number of aromatic carboxylic acids is 1. The molecule has 1 heterocycles. The SMILES string of the molecule is CC(C)(C)OC(=O)N1CCC[C@@H](Nc2c(C(=O)O)cc(Br)cc2[N+](=O)[O-])C1. The second-order valence-corrected chi connectivity index (χ2v) is 8.24. The van der Waals surface area contributed by atoms with Crippen molar-refractivity contribution in [3.05, 3.63) is 32.3 Å². The molecule has 1 amide bonds. The molecular formula is C17H22BrN3O6. The summed E-state index contributed by atoms with van der Waals surface area (Å²) in [6, 6.07) is 2.24. The van der Waals surface area contributed by atoms with E-state index in [0.717, 1.165) is 0 Å². The zero-order valence-electron chi connectivity index (χ0n) is 15.3. The summed E-state index contributed by atoms with van der Waals surface area (Å²) >= 11 is 3.10. The number of benzene rings is 1. The summed E-state index contributed by atoms with van der Waals surface area (Å²) in [4.78, 5) is 36.1. The molecule has 2 rings (SSSR count). The lowest BCUT2D eigenvalue weighted by Crippen LogP contribution is -2.47. The zero-order valence-corrected chi connectivity index (χ0v) is 16.9. The molecule has 27 heavy (non-hydrogen) atoms. The van der Waals surface area contributed by atoms with Crippen molar-refractivity contribution in [3.8, 4) is 0 Å². The number of likely N-dealkylation sites (tertiary alicyclic amines) is 1. The monoisotopic (exact) mass is 443 g/mol. The van der Waals surface area contributed by atoms with Crippen LogP contribution in [0.3, 0.4) is 0 Å². The number of nitrogens with zero attached hydrogens (tertiary/aromatic N) is 2. The fraction of sp³-hybridized carbons (Fsp3) is 0.529. The molecular weight excluding hydrogens is 422 g/mol. The average molecular weight is 444 g/mol. The molecule has 1 atom stereocenters. The van der Waals surface area contributed by atoms with Crippen LogP contribution in [0.2, 0.25) is 0 Å². The molecule has 2 N–H and O–H groups in total. The highest BCUT2D eigenvalue weighted by molar-refractivity contribution is 9.10. The van der Waals surface area contributed by atoms with Crippen LogP contribution in [0.4, 0.5) is 16.2 Å². The Morgan fingerprint density at radius 2 is 2.07 bits per heavy atom. The first-order chi connectivity index (χ1) is 12.5. The van der Waals surface area contributed by atoms with Gasteiger partial charge in [-0.05, 0) is 39.7 Å². The number of nitro groups is 1. The van der Waals surface area contributed by atoms with E-state index in [2.05, 4.69) is 21.2 Å². The number of anilines is 1. The van der Waals surface area contributed by atoms with Crippen LogP contribution in [0.5, 0.6) is 0 Å². The normalized spacial score (nSPS) is 17.3. The van der Waals surface area contributed by atoms with Crippen LogP contribution in [0.15, 0.2) is 16.6 Å². The van der Waals surface area contributed by atoms with Gasteiger partial charge in [-0.25, -0.2) is 9.59 Å². The number of amides is 1. The van der Waals surface area contributed by atoms with Crippen LogP contribution in [0.25, 0.3) is 0 Å². The predicted molar refractivity (Wildman–Crippen MR) is 102 cm³/mol. The van der Waals surface area contributed by atoms with Gasteiger partial charge in [0.05, 0.1) is 10.5 Å². The van der Waals surface area contributed by atoms with E-state index in [9.17, 15) is 24.8 Å². The van der Waals surface area contributed by atoms with Crippen molar-refractivity contribution in [1.82, 2.24) is 4.90 Å². The number of hydrogen-bond acceptors (Lipinski definition) is 6. The molecule has 1 fully saturated rings. The molecule has 0 saturated carbocycles. The Hall–Kier alpha value is -2.36. The summed E-state index contributed by atoms with van der Waals surface area (Å²) in [6.07, 6.45) is 0.854. The standard InChI is InChI=1S/C17H22BrN3O6/c1-17(2,3)27-16(24)20-6-4-5-11(9-20)19-14-12(15(22)23)7-10(18)8-13(14)21(25)26/h7-8,11,19H,4-6,9H2,1-3H3,(H,22,23)/t11-/m1/s1. The van der Waals surface area contributed by atoms with Crippen molar-refractivity contribution in [2.24, 2.45) is 0 Å². The summed E-state index contributed by atoms with van der Waals surface area (Å²) in [5.41, 5.74) is -1.23. The Balaban J connectivity index is 2.25. The minimum Gasteiger partial charge on any atom is -0.478 e. The minimum absolute atomic E-state index is 0.0632. The lowest BCUT2D eigenvalue weighted by molar-refractivity contribution is -0.384. The van der Waals surface area contributed by atoms with Gasteiger partial charge in [0.15, 0.2) is 0 Å². The summed E-state index contributed by atoms with van der Waals surface area (Å²) in [5.74, 6) is -1.28. The molecule has 9 nitrogen and oxygen atoms in total. The molecule has 1 saturated heterocycles. The number of carbonyl (C=O) groups is 2. The van der Waals surface area contributed by atoms with Gasteiger partial charge in [-0.3, -0.25) is 10.1 Å². The topological polar surface area (TPSA) is 122 Å². The van der Waals surface area contributed by atoms with Crippen molar-refractivity contribution in [3.63, 3.8) is 0 Å². The highest BCUT2D eigenvalue weighted by atomic mass is 79.9. The van der Waals surface area contributed by atoms with E-state index in [1.807, 2.05) is 0 Å². The van der Waals surface area contributed by atoms with Gasteiger partial charge in [-0.1, -0.05) is 15.9 Å². The van der Waals surface area contributed by atoms with E-state index in [1.54, 1.807) is 20.8 Å². The van der Waals surface area contributed by atoms with E-state index >= 15 is 0 Å². The van der Waals surface area contributed by atoms with Crippen LogP contribution in [0.1, 0.15) is 44.0 Å². The number of carboxylic acids is 1. The van der Waals surface area contributed by atoms with Gasteiger partial charge in [0, 0.05) is 29.7 Å². The molecule has 0 aromatic heterocycles. The lowest BCUT2D eigenvalue weighted by atomic mass is 10.0. The molecule has 1 aliphatic heterocycles. The number of hydrogen-bond donors (Lipinski definition) is 2. The first-order valence-electron chi connectivity index (χ1n) is 8.43. The molecule has 0 radical (unpaired) electrons. The van der Waals surface area contributed by atoms with E-state index in [-0.39, 0.29) is 29.5 Å². The van der Waals surface area contributed by atoms with E-state index in [1.165, 1.54) is 17.0 Å². The predicted octanol–water partition coefficient (Wildman–Crippen LogP) is 3.87. The van der Waals surface area contributed by atoms with Gasteiger partial charge in [0.25, 0.3) is 5.69 Å². The summed E-state index contributed by atoms with van der Waals surface area (Å²) in [7, 11) is 0. The van der Waals surface area contributed by atoms with Crippen LogP contribution in [-0.2, 0) is 4.74 Å². The number of carbonyl (C=O) groups excluding carboxylic acids is 1. The number of rotatable bonds is 4. The van der Waals surface area contributed by atoms with Crippen molar-refractivity contribution < 1.29 is 24.4 Å². The second-order valence-electron chi connectivity index (χ2n) is 7.32. The third kappa shape index (κ3) is 5.56. The van der Waals surface area contributed by atoms with E-state index in [0.29, 0.717) is 23.9 Å². The first-order valence-corrected chi connectivity index (χ1v) is 9.23. The zero-order chi connectivity index (χ0) is 20.4. The highest BCUT2D eigenvalue weighted by Gasteiger charge is 2.30. The van der Waals surface area contributed by atoms with E-state index < -0.39 is 22.6 Å². The lowest BCUT2D eigenvalue weighted by Gasteiger charge is -2.34. The van der Waals surface area contributed by atoms with Gasteiger partial charge < -0.3 is 20.1 Å². The van der Waals surface area contributed by atoms with Crippen molar-refractivity contribution >= 4 is 39.4 Å².